The van der Waals surface area contributed by atoms with Crippen LogP contribution in [0.1, 0.15) is 37.9 Å². The SMILES string of the molecule is CC(C)(C)C(=O)NC1c2ccccc2CC1N. The summed E-state index contributed by atoms with van der Waals surface area (Å²) in [5.74, 6) is 0.0506. The summed E-state index contributed by atoms with van der Waals surface area (Å²) < 4.78 is 0. The van der Waals surface area contributed by atoms with Crippen LogP contribution in [0.5, 0.6) is 0 Å². The Morgan fingerprint density at radius 2 is 2.00 bits per heavy atom. The molecule has 0 spiro atoms. The van der Waals surface area contributed by atoms with Crippen molar-refractivity contribution in [2.75, 3.05) is 0 Å². The van der Waals surface area contributed by atoms with Crippen LogP contribution >= 0.6 is 0 Å². The van der Waals surface area contributed by atoms with Gasteiger partial charge in [0, 0.05) is 11.5 Å². The van der Waals surface area contributed by atoms with E-state index in [1.54, 1.807) is 0 Å². The van der Waals surface area contributed by atoms with Crippen LogP contribution < -0.4 is 11.1 Å². The maximum Gasteiger partial charge on any atom is 0.225 e. The van der Waals surface area contributed by atoms with Gasteiger partial charge in [-0.15, -0.1) is 0 Å². The van der Waals surface area contributed by atoms with Crippen molar-refractivity contribution in [3.63, 3.8) is 0 Å². The Bertz CT molecular complexity index is 434. The fraction of sp³-hybridized carbons (Fsp3) is 0.500. The highest BCUT2D eigenvalue weighted by Gasteiger charge is 2.33. The van der Waals surface area contributed by atoms with E-state index in [1.165, 1.54) is 5.56 Å². The van der Waals surface area contributed by atoms with Crippen molar-refractivity contribution in [2.24, 2.45) is 11.1 Å². The minimum Gasteiger partial charge on any atom is -0.347 e. The van der Waals surface area contributed by atoms with Gasteiger partial charge in [-0.25, -0.2) is 0 Å². The van der Waals surface area contributed by atoms with E-state index in [2.05, 4.69) is 17.4 Å². The van der Waals surface area contributed by atoms with Crippen LogP contribution in [-0.2, 0) is 11.2 Å². The second-order valence-electron chi connectivity index (χ2n) is 5.77. The molecule has 0 saturated heterocycles. The number of carbonyl (C=O) groups is 1. The summed E-state index contributed by atoms with van der Waals surface area (Å²) >= 11 is 0. The van der Waals surface area contributed by atoms with Crippen molar-refractivity contribution in [3.8, 4) is 0 Å². The minimum atomic E-state index is -0.378. The second kappa shape index (κ2) is 4.15. The highest BCUT2D eigenvalue weighted by atomic mass is 16.2. The van der Waals surface area contributed by atoms with Gasteiger partial charge in [0.25, 0.3) is 0 Å². The molecular formula is C14H20N2O. The molecule has 3 nitrogen and oxygen atoms in total. The molecule has 0 aliphatic heterocycles. The lowest BCUT2D eigenvalue weighted by atomic mass is 9.94. The van der Waals surface area contributed by atoms with Crippen molar-refractivity contribution >= 4 is 5.91 Å². The zero-order valence-corrected chi connectivity index (χ0v) is 10.7. The molecule has 3 heteroatoms. The fourth-order valence-corrected chi connectivity index (χ4v) is 2.17. The van der Waals surface area contributed by atoms with Crippen LogP contribution in [0.15, 0.2) is 24.3 Å². The molecule has 1 aromatic carbocycles. The third kappa shape index (κ3) is 2.34. The molecule has 17 heavy (non-hydrogen) atoms. The summed E-state index contributed by atoms with van der Waals surface area (Å²) in [6.07, 6.45) is 0.839. The van der Waals surface area contributed by atoms with Crippen molar-refractivity contribution in [1.82, 2.24) is 5.32 Å². The highest BCUT2D eigenvalue weighted by Crippen LogP contribution is 2.31. The van der Waals surface area contributed by atoms with Gasteiger partial charge < -0.3 is 11.1 Å². The van der Waals surface area contributed by atoms with Crippen LogP contribution in [-0.4, -0.2) is 11.9 Å². The van der Waals surface area contributed by atoms with E-state index in [-0.39, 0.29) is 23.4 Å². The molecule has 92 valence electrons. The Kier molecular flexibility index (Phi) is 2.96. The van der Waals surface area contributed by atoms with Gasteiger partial charge in [0.05, 0.1) is 6.04 Å². The predicted octanol–water partition coefficient (Wildman–Crippen LogP) is 1.77. The highest BCUT2D eigenvalue weighted by molar-refractivity contribution is 5.82. The molecule has 3 N–H and O–H groups in total. The second-order valence-corrected chi connectivity index (χ2v) is 5.77. The number of nitrogens with two attached hydrogens (primary N) is 1. The third-order valence-electron chi connectivity index (χ3n) is 3.24. The lowest BCUT2D eigenvalue weighted by molar-refractivity contribution is -0.129. The molecule has 0 aromatic heterocycles. The van der Waals surface area contributed by atoms with Gasteiger partial charge in [0.2, 0.25) is 5.91 Å². The van der Waals surface area contributed by atoms with Crippen LogP contribution in [0.25, 0.3) is 0 Å². The van der Waals surface area contributed by atoms with Crippen molar-refractivity contribution in [1.29, 1.82) is 0 Å². The Morgan fingerprint density at radius 1 is 1.35 bits per heavy atom. The van der Waals surface area contributed by atoms with E-state index in [9.17, 15) is 4.79 Å². The normalized spacial score (nSPS) is 23.3. The van der Waals surface area contributed by atoms with E-state index in [4.69, 9.17) is 5.73 Å². The van der Waals surface area contributed by atoms with E-state index in [0.717, 1.165) is 12.0 Å². The van der Waals surface area contributed by atoms with Crippen molar-refractivity contribution in [3.05, 3.63) is 35.4 Å². The topological polar surface area (TPSA) is 55.1 Å². The van der Waals surface area contributed by atoms with Crippen molar-refractivity contribution < 1.29 is 4.79 Å². The van der Waals surface area contributed by atoms with Crippen LogP contribution in [0.2, 0.25) is 0 Å². The number of carbonyl (C=O) groups excluding carboxylic acids is 1. The lowest BCUT2D eigenvalue weighted by Gasteiger charge is -2.24. The average molecular weight is 232 g/mol. The summed E-state index contributed by atoms with van der Waals surface area (Å²) in [6, 6.07) is 8.08. The quantitative estimate of drug-likeness (QED) is 0.775. The number of benzene rings is 1. The summed E-state index contributed by atoms with van der Waals surface area (Å²) in [4.78, 5) is 12.0. The number of amides is 1. The Morgan fingerprint density at radius 3 is 2.65 bits per heavy atom. The van der Waals surface area contributed by atoms with Gasteiger partial charge >= 0.3 is 0 Å². The Balaban J connectivity index is 2.20. The van der Waals surface area contributed by atoms with Gasteiger partial charge in [-0.2, -0.15) is 0 Å². The molecule has 0 heterocycles. The Labute approximate surface area is 102 Å². The average Bonchev–Trinajstić information content (AvgIpc) is 2.54. The molecule has 0 radical (unpaired) electrons. The molecule has 1 amide bonds. The van der Waals surface area contributed by atoms with E-state index >= 15 is 0 Å². The lowest BCUT2D eigenvalue weighted by Crippen LogP contribution is -2.43. The van der Waals surface area contributed by atoms with E-state index in [1.807, 2.05) is 32.9 Å². The standard InChI is InChI=1S/C14H20N2O/c1-14(2,3)13(17)16-12-10-7-5-4-6-9(10)8-11(12)15/h4-7,11-12H,8,15H2,1-3H3,(H,16,17). The van der Waals surface area contributed by atoms with Crippen LogP contribution in [0.3, 0.4) is 0 Å². The molecule has 1 aliphatic carbocycles. The third-order valence-corrected chi connectivity index (χ3v) is 3.24. The molecule has 1 aromatic rings. The molecule has 0 saturated carbocycles. The van der Waals surface area contributed by atoms with Crippen molar-refractivity contribution in [2.45, 2.75) is 39.3 Å². The minimum absolute atomic E-state index is 0.0151. The predicted molar refractivity (Wildman–Crippen MR) is 68.5 cm³/mol. The molecule has 2 unspecified atom stereocenters. The first-order valence-corrected chi connectivity index (χ1v) is 6.04. The number of nitrogens with one attached hydrogen (secondary N) is 1. The van der Waals surface area contributed by atoms with Gasteiger partial charge in [0.15, 0.2) is 0 Å². The molecule has 0 bridgehead atoms. The zero-order chi connectivity index (χ0) is 12.6. The summed E-state index contributed by atoms with van der Waals surface area (Å²) in [7, 11) is 0. The molecule has 2 atom stereocenters. The maximum absolute atomic E-state index is 12.0. The molecule has 2 rings (SSSR count). The monoisotopic (exact) mass is 232 g/mol. The summed E-state index contributed by atoms with van der Waals surface area (Å²) in [5.41, 5.74) is 8.14. The maximum atomic E-state index is 12.0. The molecule has 0 fully saturated rings. The number of hydrogen-bond acceptors (Lipinski definition) is 2. The first-order valence-electron chi connectivity index (χ1n) is 6.04. The number of fused-ring (bicyclic) bond motifs is 1. The van der Waals surface area contributed by atoms with E-state index in [0.29, 0.717) is 0 Å². The summed E-state index contributed by atoms with van der Waals surface area (Å²) in [5, 5.41) is 3.06. The van der Waals surface area contributed by atoms with Crippen LogP contribution in [0, 0.1) is 5.41 Å². The zero-order valence-electron chi connectivity index (χ0n) is 10.7. The first kappa shape index (κ1) is 12.1. The Hall–Kier alpha value is -1.35. The molecule has 1 aliphatic rings. The van der Waals surface area contributed by atoms with Crippen LogP contribution in [0.4, 0.5) is 0 Å². The molecular weight excluding hydrogens is 212 g/mol. The van der Waals surface area contributed by atoms with Gasteiger partial charge in [0.1, 0.15) is 0 Å². The number of rotatable bonds is 1. The van der Waals surface area contributed by atoms with E-state index < -0.39 is 0 Å². The first-order chi connectivity index (χ1) is 7.89. The largest absolute Gasteiger partial charge is 0.347 e. The fourth-order valence-electron chi connectivity index (χ4n) is 2.17. The van der Waals surface area contributed by atoms with Gasteiger partial charge in [-0.1, -0.05) is 45.0 Å². The number of hydrogen-bond donors (Lipinski definition) is 2. The van der Waals surface area contributed by atoms with Gasteiger partial charge in [-0.3, -0.25) is 4.79 Å². The summed E-state index contributed by atoms with van der Waals surface area (Å²) in [6.45, 7) is 5.73. The smallest absolute Gasteiger partial charge is 0.225 e. The van der Waals surface area contributed by atoms with Gasteiger partial charge in [-0.05, 0) is 17.5 Å².